The molecule has 1 N–H and O–H groups in total. The van der Waals surface area contributed by atoms with Crippen LogP contribution in [0.1, 0.15) is 12.8 Å². The number of hydrogen-bond donors (Lipinski definition) is 1. The van der Waals surface area contributed by atoms with E-state index in [2.05, 4.69) is 5.32 Å². The van der Waals surface area contributed by atoms with Crippen LogP contribution in [-0.2, 0) is 4.74 Å². The quantitative estimate of drug-likeness (QED) is 0.448. The van der Waals surface area contributed by atoms with Gasteiger partial charge in [-0.2, -0.15) is 5.26 Å². The summed E-state index contributed by atoms with van der Waals surface area (Å²) < 4.78 is 5.33. The van der Waals surface area contributed by atoms with Crippen molar-refractivity contribution in [2.75, 3.05) is 26.3 Å². The highest BCUT2D eigenvalue weighted by atomic mass is 16.5. The van der Waals surface area contributed by atoms with Gasteiger partial charge in [-0.3, -0.25) is 0 Å². The van der Waals surface area contributed by atoms with Crippen LogP contribution in [0.15, 0.2) is 0 Å². The maximum atomic E-state index is 8.17. The van der Waals surface area contributed by atoms with Gasteiger partial charge in [-0.1, -0.05) is 0 Å². The normalized spacial score (nSPS) is 16.3. The van der Waals surface area contributed by atoms with E-state index in [0.717, 1.165) is 25.7 Å². The monoisotopic (exact) mass is 154 g/mol. The Labute approximate surface area is 67.3 Å². The highest BCUT2D eigenvalue weighted by molar-refractivity contribution is 4.73. The van der Waals surface area contributed by atoms with Gasteiger partial charge in [-0.15, -0.1) is 0 Å². The largest absolute Gasteiger partial charge is 0.380 e. The van der Waals surface area contributed by atoms with E-state index in [1.807, 2.05) is 6.07 Å². The van der Waals surface area contributed by atoms with Crippen molar-refractivity contribution in [3.05, 3.63) is 0 Å². The van der Waals surface area contributed by atoms with Gasteiger partial charge >= 0.3 is 0 Å². The average molecular weight is 154 g/mol. The summed E-state index contributed by atoms with van der Waals surface area (Å²) in [5, 5.41) is 11.1. The molecule has 1 rings (SSSR count). The van der Waals surface area contributed by atoms with Crippen molar-refractivity contribution < 1.29 is 4.74 Å². The third-order valence-electron chi connectivity index (χ3n) is 1.68. The van der Waals surface area contributed by atoms with Gasteiger partial charge in [0.05, 0.1) is 19.2 Å². The van der Waals surface area contributed by atoms with E-state index in [1.165, 1.54) is 12.8 Å². The van der Waals surface area contributed by atoms with Crippen LogP contribution in [-0.4, -0.2) is 26.3 Å². The lowest BCUT2D eigenvalue weighted by Gasteiger charge is -2.01. The molecular formula is C8H14N2O. The molecule has 0 spiro atoms. The smallest absolute Gasteiger partial charge is 0.0841 e. The van der Waals surface area contributed by atoms with Crippen molar-refractivity contribution >= 4 is 0 Å². The number of hydrogen-bond acceptors (Lipinski definition) is 3. The van der Waals surface area contributed by atoms with E-state index >= 15 is 0 Å². The zero-order chi connectivity index (χ0) is 7.94. The minimum atomic E-state index is 0.423. The van der Waals surface area contributed by atoms with Crippen LogP contribution in [0.25, 0.3) is 0 Å². The van der Waals surface area contributed by atoms with E-state index in [9.17, 15) is 0 Å². The molecule has 0 saturated heterocycles. The van der Waals surface area contributed by atoms with Crippen LogP contribution in [0.2, 0.25) is 0 Å². The minimum absolute atomic E-state index is 0.423. The Kier molecular flexibility index (Phi) is 3.95. The zero-order valence-corrected chi connectivity index (χ0v) is 6.68. The number of ether oxygens (including phenoxy) is 1. The summed E-state index contributed by atoms with van der Waals surface area (Å²) in [6.45, 7) is 2.86. The molecule has 0 bridgehead atoms. The van der Waals surface area contributed by atoms with E-state index in [-0.39, 0.29) is 0 Å². The lowest BCUT2D eigenvalue weighted by atomic mass is 10.5. The van der Waals surface area contributed by atoms with Gasteiger partial charge in [0.2, 0.25) is 0 Å². The lowest BCUT2D eigenvalue weighted by Crippen LogP contribution is -2.20. The van der Waals surface area contributed by atoms with Crippen LogP contribution in [0, 0.1) is 17.2 Å². The van der Waals surface area contributed by atoms with E-state index < -0.39 is 0 Å². The Morgan fingerprint density at radius 1 is 1.55 bits per heavy atom. The highest BCUT2D eigenvalue weighted by Crippen LogP contribution is 2.28. The van der Waals surface area contributed by atoms with Crippen molar-refractivity contribution in [3.63, 3.8) is 0 Å². The second kappa shape index (κ2) is 5.11. The second-order valence-corrected chi connectivity index (χ2v) is 2.85. The molecule has 0 radical (unpaired) electrons. The molecule has 3 heteroatoms. The molecule has 0 aromatic rings. The van der Waals surface area contributed by atoms with Crippen molar-refractivity contribution in [1.29, 1.82) is 5.26 Å². The van der Waals surface area contributed by atoms with Gasteiger partial charge in [-0.05, 0) is 18.8 Å². The first-order valence-electron chi connectivity index (χ1n) is 4.09. The van der Waals surface area contributed by atoms with E-state index in [1.54, 1.807) is 0 Å². The fourth-order valence-corrected chi connectivity index (χ4v) is 0.823. The summed E-state index contributed by atoms with van der Waals surface area (Å²) in [5.74, 6) is 0.839. The molecule has 0 amide bonds. The third-order valence-corrected chi connectivity index (χ3v) is 1.68. The predicted octanol–water partition coefficient (Wildman–Crippen LogP) is 0.526. The van der Waals surface area contributed by atoms with Gasteiger partial charge in [0.15, 0.2) is 0 Å². The third kappa shape index (κ3) is 4.77. The summed E-state index contributed by atoms with van der Waals surface area (Å²) in [7, 11) is 0. The maximum absolute atomic E-state index is 8.17. The Morgan fingerprint density at radius 2 is 2.36 bits per heavy atom. The summed E-state index contributed by atoms with van der Waals surface area (Å²) >= 11 is 0. The van der Waals surface area contributed by atoms with E-state index in [0.29, 0.717) is 6.54 Å². The number of nitrogens with one attached hydrogen (secondary N) is 1. The van der Waals surface area contributed by atoms with Crippen molar-refractivity contribution in [2.45, 2.75) is 12.8 Å². The number of nitrogens with zero attached hydrogens (tertiary/aromatic N) is 1. The molecule has 1 saturated carbocycles. The molecule has 62 valence electrons. The SMILES string of the molecule is N#CCNCCOCC1CC1. The molecule has 0 aromatic carbocycles. The van der Waals surface area contributed by atoms with Crippen LogP contribution in [0.4, 0.5) is 0 Å². The van der Waals surface area contributed by atoms with Gasteiger partial charge < -0.3 is 10.1 Å². The summed E-state index contributed by atoms with van der Waals surface area (Å²) in [6, 6.07) is 2.01. The summed E-state index contributed by atoms with van der Waals surface area (Å²) in [4.78, 5) is 0. The highest BCUT2D eigenvalue weighted by Gasteiger charge is 2.20. The van der Waals surface area contributed by atoms with Crippen molar-refractivity contribution in [3.8, 4) is 6.07 Å². The van der Waals surface area contributed by atoms with E-state index in [4.69, 9.17) is 10.00 Å². The van der Waals surface area contributed by atoms with Gasteiger partial charge in [0, 0.05) is 13.2 Å². The average Bonchev–Trinajstić information content (AvgIpc) is 2.80. The fourth-order valence-electron chi connectivity index (χ4n) is 0.823. The summed E-state index contributed by atoms with van der Waals surface area (Å²) in [5.41, 5.74) is 0. The van der Waals surface area contributed by atoms with Crippen LogP contribution in [0.5, 0.6) is 0 Å². The Bertz CT molecular complexity index is 138. The molecule has 0 aromatic heterocycles. The molecule has 1 aliphatic rings. The van der Waals surface area contributed by atoms with Crippen molar-refractivity contribution in [1.82, 2.24) is 5.32 Å². The standard InChI is InChI=1S/C8H14N2O/c9-3-4-10-5-6-11-7-8-1-2-8/h8,10H,1-2,4-7H2. The van der Waals surface area contributed by atoms with Crippen LogP contribution >= 0.6 is 0 Å². The van der Waals surface area contributed by atoms with Crippen molar-refractivity contribution in [2.24, 2.45) is 5.92 Å². The molecule has 0 unspecified atom stereocenters. The Morgan fingerprint density at radius 3 is 3.00 bits per heavy atom. The Hall–Kier alpha value is -0.590. The molecule has 11 heavy (non-hydrogen) atoms. The second-order valence-electron chi connectivity index (χ2n) is 2.85. The number of nitriles is 1. The van der Waals surface area contributed by atoms with Gasteiger partial charge in [-0.25, -0.2) is 0 Å². The minimum Gasteiger partial charge on any atom is -0.380 e. The predicted molar refractivity (Wildman–Crippen MR) is 42.0 cm³/mol. The maximum Gasteiger partial charge on any atom is 0.0841 e. The molecule has 0 aliphatic heterocycles. The first-order chi connectivity index (χ1) is 5.43. The van der Waals surface area contributed by atoms with Crippen LogP contribution in [0.3, 0.4) is 0 Å². The molecule has 1 fully saturated rings. The Balaban J connectivity index is 1.70. The van der Waals surface area contributed by atoms with Gasteiger partial charge in [0.25, 0.3) is 0 Å². The molecule has 0 heterocycles. The molecule has 3 nitrogen and oxygen atoms in total. The first-order valence-corrected chi connectivity index (χ1v) is 4.09. The molecule has 0 atom stereocenters. The first kappa shape index (κ1) is 8.51. The van der Waals surface area contributed by atoms with Crippen LogP contribution < -0.4 is 5.32 Å². The summed E-state index contributed by atoms with van der Waals surface area (Å²) in [6.07, 6.45) is 2.68. The number of rotatable bonds is 6. The topological polar surface area (TPSA) is 45.0 Å². The molecular weight excluding hydrogens is 140 g/mol. The zero-order valence-electron chi connectivity index (χ0n) is 6.68. The van der Waals surface area contributed by atoms with Gasteiger partial charge in [0.1, 0.15) is 0 Å². The fraction of sp³-hybridized carbons (Fsp3) is 0.875. The molecule has 1 aliphatic carbocycles. The lowest BCUT2D eigenvalue weighted by molar-refractivity contribution is 0.127.